The van der Waals surface area contributed by atoms with Crippen molar-refractivity contribution in [1.82, 2.24) is 24.5 Å². The summed E-state index contributed by atoms with van der Waals surface area (Å²) in [6, 6.07) is 9.64. The molecule has 1 aromatic carbocycles. The number of H-pyrrole nitrogens is 1. The maximum Gasteiger partial charge on any atom is 0.344 e. The molecule has 0 saturated carbocycles. The Bertz CT molecular complexity index is 1000. The first kappa shape index (κ1) is 19.0. The van der Waals surface area contributed by atoms with Crippen LogP contribution in [0.2, 0.25) is 0 Å². The van der Waals surface area contributed by atoms with E-state index in [-0.39, 0.29) is 11.6 Å². The van der Waals surface area contributed by atoms with E-state index in [1.54, 1.807) is 11.6 Å². The SMILES string of the molecule is Cc1nn(C)c(C)c1NC(=O)C(C)Sc1n[nH]c(=O)n1Cc1ccccc1. The molecule has 0 radical (unpaired) electrons. The molecule has 2 N–H and O–H groups in total. The normalized spacial score (nSPS) is 12.1. The Morgan fingerprint density at radius 3 is 2.63 bits per heavy atom. The Kier molecular flexibility index (Phi) is 5.50. The molecule has 0 spiro atoms. The fourth-order valence-electron chi connectivity index (χ4n) is 2.69. The van der Waals surface area contributed by atoms with Gasteiger partial charge in [-0.05, 0) is 26.3 Å². The Morgan fingerprint density at radius 1 is 1.30 bits per heavy atom. The minimum Gasteiger partial charge on any atom is -0.322 e. The molecule has 0 aliphatic rings. The van der Waals surface area contributed by atoms with Gasteiger partial charge in [-0.2, -0.15) is 5.10 Å². The summed E-state index contributed by atoms with van der Waals surface area (Å²) in [5.74, 6) is -0.166. The molecule has 1 unspecified atom stereocenters. The van der Waals surface area contributed by atoms with Crippen molar-refractivity contribution in [3.63, 3.8) is 0 Å². The van der Waals surface area contributed by atoms with Gasteiger partial charge >= 0.3 is 5.69 Å². The molecule has 3 aromatic rings. The quantitative estimate of drug-likeness (QED) is 0.632. The monoisotopic (exact) mass is 386 g/mol. The molecule has 0 bridgehead atoms. The lowest BCUT2D eigenvalue weighted by Gasteiger charge is -2.12. The highest BCUT2D eigenvalue weighted by atomic mass is 32.2. The summed E-state index contributed by atoms with van der Waals surface area (Å²) in [7, 11) is 1.84. The number of hydrogen-bond donors (Lipinski definition) is 2. The van der Waals surface area contributed by atoms with Crippen molar-refractivity contribution in [3.8, 4) is 0 Å². The van der Waals surface area contributed by atoms with Crippen LogP contribution < -0.4 is 11.0 Å². The fourth-order valence-corrected chi connectivity index (χ4v) is 3.54. The Morgan fingerprint density at radius 2 is 2.00 bits per heavy atom. The molecular formula is C18H22N6O2S. The zero-order chi connectivity index (χ0) is 19.6. The number of anilines is 1. The molecule has 1 atom stereocenters. The van der Waals surface area contributed by atoms with Gasteiger partial charge in [-0.3, -0.25) is 14.0 Å². The second kappa shape index (κ2) is 7.83. The number of thioether (sulfide) groups is 1. The summed E-state index contributed by atoms with van der Waals surface area (Å²) in [4.78, 5) is 24.7. The summed E-state index contributed by atoms with van der Waals surface area (Å²) >= 11 is 1.24. The van der Waals surface area contributed by atoms with Crippen molar-refractivity contribution in [2.75, 3.05) is 5.32 Å². The predicted octanol–water partition coefficient (Wildman–Crippen LogP) is 2.09. The average Bonchev–Trinajstić information content (AvgIpc) is 3.10. The first-order valence-corrected chi connectivity index (χ1v) is 9.41. The number of aromatic amines is 1. The standard InChI is InChI=1S/C18H22N6O2S/c1-11-15(12(2)23(4)22-11)19-16(25)13(3)27-18-21-20-17(26)24(18)10-14-8-6-5-7-9-14/h5-9,13H,10H2,1-4H3,(H,19,25)(H,20,26). The summed E-state index contributed by atoms with van der Waals surface area (Å²) in [5, 5.41) is 13.8. The van der Waals surface area contributed by atoms with Crippen LogP contribution in [0.5, 0.6) is 0 Å². The summed E-state index contributed by atoms with van der Waals surface area (Å²) < 4.78 is 3.26. The number of aryl methyl sites for hydroxylation is 2. The van der Waals surface area contributed by atoms with Gasteiger partial charge in [0, 0.05) is 7.05 Å². The third-order valence-corrected chi connectivity index (χ3v) is 5.41. The molecule has 3 rings (SSSR count). The number of carbonyl (C=O) groups excluding carboxylic acids is 1. The van der Waals surface area contributed by atoms with Crippen molar-refractivity contribution in [1.29, 1.82) is 0 Å². The van der Waals surface area contributed by atoms with Crippen LogP contribution in [0.25, 0.3) is 0 Å². The van der Waals surface area contributed by atoms with E-state index in [1.165, 1.54) is 16.3 Å². The van der Waals surface area contributed by atoms with Gasteiger partial charge in [0.2, 0.25) is 5.91 Å². The van der Waals surface area contributed by atoms with Crippen molar-refractivity contribution < 1.29 is 4.79 Å². The first-order chi connectivity index (χ1) is 12.9. The Hall–Kier alpha value is -2.81. The molecule has 27 heavy (non-hydrogen) atoms. The van der Waals surface area contributed by atoms with Crippen LogP contribution in [-0.4, -0.2) is 35.7 Å². The van der Waals surface area contributed by atoms with Crippen LogP contribution in [0.15, 0.2) is 40.3 Å². The summed E-state index contributed by atoms with van der Waals surface area (Å²) in [6.07, 6.45) is 0. The van der Waals surface area contributed by atoms with Crippen LogP contribution in [0, 0.1) is 13.8 Å². The summed E-state index contributed by atoms with van der Waals surface area (Å²) in [5.41, 5.74) is 3.06. The van der Waals surface area contributed by atoms with E-state index >= 15 is 0 Å². The molecule has 9 heteroatoms. The van der Waals surface area contributed by atoms with Crippen molar-refractivity contribution in [2.24, 2.45) is 7.05 Å². The van der Waals surface area contributed by atoms with E-state index in [4.69, 9.17) is 0 Å². The Balaban J connectivity index is 1.73. The van der Waals surface area contributed by atoms with Gasteiger partial charge in [0.25, 0.3) is 0 Å². The highest BCUT2D eigenvalue weighted by molar-refractivity contribution is 8.00. The van der Waals surface area contributed by atoms with E-state index < -0.39 is 5.25 Å². The second-order valence-corrected chi connectivity index (χ2v) is 7.61. The van der Waals surface area contributed by atoms with Gasteiger partial charge in [-0.15, -0.1) is 5.10 Å². The number of nitrogens with zero attached hydrogens (tertiary/aromatic N) is 4. The molecule has 0 saturated heterocycles. The lowest BCUT2D eigenvalue weighted by Crippen LogP contribution is -2.24. The maximum atomic E-state index is 12.6. The topological polar surface area (TPSA) is 97.6 Å². The van der Waals surface area contributed by atoms with E-state index in [0.717, 1.165) is 22.6 Å². The number of benzene rings is 1. The lowest BCUT2D eigenvalue weighted by molar-refractivity contribution is -0.115. The van der Waals surface area contributed by atoms with Crippen LogP contribution in [0.4, 0.5) is 5.69 Å². The van der Waals surface area contributed by atoms with Gasteiger partial charge in [0.05, 0.1) is 28.9 Å². The molecule has 8 nitrogen and oxygen atoms in total. The average molecular weight is 386 g/mol. The largest absolute Gasteiger partial charge is 0.344 e. The number of aromatic nitrogens is 5. The third-order valence-electron chi connectivity index (χ3n) is 4.32. The molecule has 2 aromatic heterocycles. The van der Waals surface area contributed by atoms with E-state index in [0.29, 0.717) is 11.7 Å². The van der Waals surface area contributed by atoms with E-state index in [2.05, 4.69) is 20.6 Å². The minimum absolute atomic E-state index is 0.166. The molecule has 0 fully saturated rings. The van der Waals surface area contributed by atoms with Crippen LogP contribution in [-0.2, 0) is 18.4 Å². The second-order valence-electron chi connectivity index (χ2n) is 6.30. The first-order valence-electron chi connectivity index (χ1n) is 8.53. The van der Waals surface area contributed by atoms with Crippen molar-refractivity contribution in [2.45, 2.75) is 37.7 Å². The third kappa shape index (κ3) is 4.13. The zero-order valence-electron chi connectivity index (χ0n) is 15.7. The zero-order valence-corrected chi connectivity index (χ0v) is 16.5. The highest BCUT2D eigenvalue weighted by Crippen LogP contribution is 2.24. The number of amides is 1. The number of rotatable bonds is 6. The highest BCUT2D eigenvalue weighted by Gasteiger charge is 2.21. The van der Waals surface area contributed by atoms with Gasteiger partial charge < -0.3 is 5.32 Å². The van der Waals surface area contributed by atoms with Crippen LogP contribution in [0.3, 0.4) is 0 Å². The summed E-state index contributed by atoms with van der Waals surface area (Å²) in [6.45, 7) is 5.94. The molecule has 0 aliphatic heterocycles. The number of carbonyl (C=O) groups is 1. The van der Waals surface area contributed by atoms with Gasteiger partial charge in [-0.25, -0.2) is 9.89 Å². The molecule has 2 heterocycles. The molecular weight excluding hydrogens is 364 g/mol. The van der Waals surface area contributed by atoms with Gasteiger partial charge in [0.15, 0.2) is 5.16 Å². The Labute approximate surface area is 161 Å². The van der Waals surface area contributed by atoms with E-state index in [9.17, 15) is 9.59 Å². The van der Waals surface area contributed by atoms with Gasteiger partial charge in [-0.1, -0.05) is 42.1 Å². The predicted molar refractivity (Wildman–Crippen MR) is 105 cm³/mol. The van der Waals surface area contributed by atoms with Gasteiger partial charge in [0.1, 0.15) is 0 Å². The minimum atomic E-state index is -0.436. The van der Waals surface area contributed by atoms with Crippen LogP contribution >= 0.6 is 11.8 Å². The lowest BCUT2D eigenvalue weighted by atomic mass is 10.2. The molecule has 142 valence electrons. The fraction of sp³-hybridized carbons (Fsp3) is 0.333. The van der Waals surface area contributed by atoms with E-state index in [1.807, 2.05) is 51.2 Å². The van der Waals surface area contributed by atoms with Crippen molar-refractivity contribution in [3.05, 3.63) is 57.8 Å². The maximum absolute atomic E-state index is 12.6. The molecule has 0 aliphatic carbocycles. The van der Waals surface area contributed by atoms with Crippen LogP contribution in [0.1, 0.15) is 23.9 Å². The number of hydrogen-bond acceptors (Lipinski definition) is 5. The molecule has 1 amide bonds. The van der Waals surface area contributed by atoms with Crippen molar-refractivity contribution >= 4 is 23.4 Å². The number of nitrogens with one attached hydrogen (secondary N) is 2. The smallest absolute Gasteiger partial charge is 0.322 e.